The lowest BCUT2D eigenvalue weighted by Crippen LogP contribution is -2.37. The summed E-state index contributed by atoms with van der Waals surface area (Å²) in [5.41, 5.74) is 1.62. The molecule has 2 N–H and O–H groups in total. The molecule has 0 aromatic heterocycles. The highest BCUT2D eigenvalue weighted by Gasteiger charge is 2.30. The fourth-order valence-corrected chi connectivity index (χ4v) is 5.78. The summed E-state index contributed by atoms with van der Waals surface area (Å²) in [5, 5.41) is 9.61. The molecule has 29 heavy (non-hydrogen) atoms. The van der Waals surface area contributed by atoms with Gasteiger partial charge in [-0.2, -0.15) is 0 Å². The Kier molecular flexibility index (Phi) is 7.54. The first-order chi connectivity index (χ1) is 14.1. The van der Waals surface area contributed by atoms with Crippen molar-refractivity contribution in [2.45, 2.75) is 27.9 Å². The van der Waals surface area contributed by atoms with E-state index >= 15 is 0 Å². The monoisotopic (exact) mass is 436 g/mol. The number of piperidine rings is 1. The number of ether oxygens (including phenoxy) is 2. The van der Waals surface area contributed by atoms with E-state index in [0.29, 0.717) is 24.1 Å². The molecule has 1 aliphatic heterocycles. The van der Waals surface area contributed by atoms with Crippen molar-refractivity contribution in [1.82, 2.24) is 9.79 Å². The fraction of sp³-hybridized carbons (Fsp3) is 0.350. The lowest BCUT2D eigenvalue weighted by molar-refractivity contribution is 0.0698. The molecule has 3 rings (SSSR count). The number of hydroxylamine groups is 1. The zero-order chi connectivity index (χ0) is 20.8. The maximum Gasteiger partial charge on any atom is 0.279 e. The van der Waals surface area contributed by atoms with Gasteiger partial charge in [-0.1, -0.05) is 18.2 Å². The molecule has 156 valence electrons. The third-order valence-corrected chi connectivity index (χ3v) is 7.61. The molecule has 7 nitrogen and oxygen atoms in total. The molecule has 9 heteroatoms. The highest BCUT2D eigenvalue weighted by atomic mass is 32.2. The van der Waals surface area contributed by atoms with Gasteiger partial charge in [0.05, 0.1) is 19.1 Å². The van der Waals surface area contributed by atoms with Crippen LogP contribution in [0.3, 0.4) is 0 Å². The number of carbonyl (C=O) groups excluding carboxylic acids is 1. The lowest BCUT2D eigenvalue weighted by Gasteiger charge is -2.31. The van der Waals surface area contributed by atoms with Crippen LogP contribution in [0.2, 0.25) is 0 Å². The van der Waals surface area contributed by atoms with Crippen molar-refractivity contribution < 1.29 is 23.7 Å². The van der Waals surface area contributed by atoms with E-state index in [1.54, 1.807) is 17.6 Å². The first-order valence-corrected chi connectivity index (χ1v) is 11.2. The summed E-state index contributed by atoms with van der Waals surface area (Å²) in [7, 11) is 1.27. The Bertz CT molecular complexity index is 871. The normalized spacial score (nSPS) is 16.2. The summed E-state index contributed by atoms with van der Waals surface area (Å²) < 4.78 is 25.6. The molecule has 2 aromatic rings. The minimum Gasteiger partial charge on any atom is -0.493 e. The molecular formula is C20H24N2O5S2. The van der Waals surface area contributed by atoms with Crippen molar-refractivity contribution >= 4 is 28.7 Å². The summed E-state index contributed by atoms with van der Waals surface area (Å²) in [6.07, 6.45) is 1.78. The number of nitrogens with zero attached hydrogens (tertiary/aromatic N) is 1. The summed E-state index contributed by atoms with van der Waals surface area (Å²) in [6, 6.07) is 13.4. The summed E-state index contributed by atoms with van der Waals surface area (Å²) in [4.78, 5) is 13.8. The van der Waals surface area contributed by atoms with Crippen molar-refractivity contribution in [2.75, 3.05) is 27.3 Å². The molecule has 0 saturated carbocycles. The van der Waals surface area contributed by atoms with Crippen molar-refractivity contribution in [2.24, 2.45) is 0 Å². The predicted molar refractivity (Wildman–Crippen MR) is 112 cm³/mol. The van der Waals surface area contributed by atoms with Crippen LogP contribution in [0.15, 0.2) is 52.3 Å². The molecule has 0 bridgehead atoms. The largest absolute Gasteiger partial charge is 0.493 e. The number of carbonyl (C=O) groups is 1. The molecule has 0 aliphatic carbocycles. The molecular weight excluding hydrogens is 412 g/mol. The van der Waals surface area contributed by atoms with E-state index in [1.165, 1.54) is 19.1 Å². The number of amides is 1. The Morgan fingerprint density at radius 3 is 2.41 bits per heavy atom. The summed E-state index contributed by atoms with van der Waals surface area (Å²) in [6.45, 7) is 1.29. The minimum absolute atomic E-state index is 0.00784. The standard InChI is InChI=1S/C20H24N2O5S2/c1-26-16-8-9-17(18(19(16)27-2)20(23)21-24)29(25)22-12-10-15(11-13-22)28-14-6-4-3-5-7-14/h3-9,15,24H,10-13H2,1-2H3,(H,21,23). The van der Waals surface area contributed by atoms with Crippen LogP contribution in [0.25, 0.3) is 0 Å². The topological polar surface area (TPSA) is 88.1 Å². The Hall–Kier alpha value is -2.07. The highest BCUT2D eigenvalue weighted by Crippen LogP contribution is 2.37. The molecule has 2 aromatic carbocycles. The van der Waals surface area contributed by atoms with Gasteiger partial charge in [0, 0.05) is 23.2 Å². The maximum atomic E-state index is 13.2. The molecule has 1 amide bonds. The van der Waals surface area contributed by atoms with Crippen LogP contribution in [0.1, 0.15) is 23.2 Å². The molecule has 1 saturated heterocycles. The average molecular weight is 437 g/mol. The van der Waals surface area contributed by atoms with E-state index in [4.69, 9.17) is 14.7 Å². The van der Waals surface area contributed by atoms with E-state index in [2.05, 4.69) is 12.1 Å². The molecule has 1 heterocycles. The van der Waals surface area contributed by atoms with Gasteiger partial charge in [0.1, 0.15) is 16.5 Å². The Morgan fingerprint density at radius 2 is 1.83 bits per heavy atom. The van der Waals surface area contributed by atoms with E-state index in [0.717, 1.165) is 12.8 Å². The number of hydrogen-bond acceptors (Lipinski definition) is 6. The smallest absolute Gasteiger partial charge is 0.279 e. The van der Waals surface area contributed by atoms with Crippen LogP contribution in [0.5, 0.6) is 11.5 Å². The number of nitrogens with one attached hydrogen (secondary N) is 1. The SMILES string of the molecule is COc1ccc(S(=O)N2CCC(Sc3ccccc3)CC2)c(C(=O)NO)c1OC. The third-order valence-electron chi connectivity index (χ3n) is 4.71. The first kappa shape index (κ1) is 21.6. The Morgan fingerprint density at radius 1 is 1.14 bits per heavy atom. The van der Waals surface area contributed by atoms with Crippen LogP contribution >= 0.6 is 11.8 Å². The van der Waals surface area contributed by atoms with Crippen molar-refractivity contribution in [3.63, 3.8) is 0 Å². The van der Waals surface area contributed by atoms with Crippen molar-refractivity contribution in [3.8, 4) is 11.5 Å². The zero-order valence-electron chi connectivity index (χ0n) is 16.3. The summed E-state index contributed by atoms with van der Waals surface area (Å²) in [5.74, 6) is -0.331. The van der Waals surface area contributed by atoms with Gasteiger partial charge < -0.3 is 9.47 Å². The number of thioether (sulfide) groups is 1. The molecule has 1 fully saturated rings. The second kappa shape index (κ2) is 10.1. The number of hydrogen-bond donors (Lipinski definition) is 2. The average Bonchev–Trinajstić information content (AvgIpc) is 2.78. The second-order valence-electron chi connectivity index (χ2n) is 6.42. The van der Waals surface area contributed by atoms with Crippen LogP contribution in [0.4, 0.5) is 0 Å². The number of benzene rings is 2. The van der Waals surface area contributed by atoms with Crippen molar-refractivity contribution in [1.29, 1.82) is 0 Å². The summed E-state index contributed by atoms with van der Waals surface area (Å²) >= 11 is 1.84. The van der Waals surface area contributed by atoms with Gasteiger partial charge in [-0.25, -0.2) is 14.0 Å². The van der Waals surface area contributed by atoms with Gasteiger partial charge in [-0.15, -0.1) is 11.8 Å². The van der Waals surface area contributed by atoms with E-state index in [-0.39, 0.29) is 16.2 Å². The van der Waals surface area contributed by atoms with E-state index in [9.17, 15) is 9.00 Å². The Balaban J connectivity index is 1.76. The zero-order valence-corrected chi connectivity index (χ0v) is 17.9. The quantitative estimate of drug-likeness (QED) is 0.512. The third kappa shape index (κ3) is 4.92. The van der Waals surface area contributed by atoms with Gasteiger partial charge in [0.2, 0.25) is 0 Å². The minimum atomic E-state index is -1.57. The first-order valence-electron chi connectivity index (χ1n) is 9.17. The second-order valence-corrected chi connectivity index (χ2v) is 9.25. The van der Waals surface area contributed by atoms with E-state index < -0.39 is 16.9 Å². The fourth-order valence-electron chi connectivity index (χ4n) is 3.27. The van der Waals surface area contributed by atoms with Crippen molar-refractivity contribution in [3.05, 3.63) is 48.0 Å². The number of methoxy groups -OCH3 is 2. The van der Waals surface area contributed by atoms with Gasteiger partial charge >= 0.3 is 0 Å². The lowest BCUT2D eigenvalue weighted by atomic mass is 10.1. The van der Waals surface area contributed by atoms with Crippen LogP contribution in [-0.4, -0.2) is 52.2 Å². The van der Waals surface area contributed by atoms with Crippen LogP contribution in [-0.2, 0) is 11.0 Å². The number of rotatable bonds is 7. The van der Waals surface area contributed by atoms with Crippen LogP contribution < -0.4 is 15.0 Å². The maximum absolute atomic E-state index is 13.2. The molecule has 1 atom stereocenters. The van der Waals surface area contributed by atoms with E-state index in [1.807, 2.05) is 34.3 Å². The molecule has 0 spiro atoms. The van der Waals surface area contributed by atoms with Gasteiger partial charge in [0.25, 0.3) is 5.91 Å². The molecule has 1 unspecified atom stereocenters. The van der Waals surface area contributed by atoms with Gasteiger partial charge in [-0.3, -0.25) is 10.0 Å². The molecule has 0 radical (unpaired) electrons. The van der Waals surface area contributed by atoms with Gasteiger partial charge in [-0.05, 0) is 37.1 Å². The molecule has 1 aliphatic rings. The predicted octanol–water partition coefficient (Wildman–Crippen LogP) is 3.10. The Labute approximate surface area is 176 Å². The van der Waals surface area contributed by atoms with Gasteiger partial charge in [0.15, 0.2) is 11.5 Å². The van der Waals surface area contributed by atoms with Crippen LogP contribution in [0, 0.1) is 0 Å². The highest BCUT2D eigenvalue weighted by molar-refractivity contribution is 8.00.